The van der Waals surface area contributed by atoms with Gasteiger partial charge in [0, 0.05) is 50.5 Å². The van der Waals surface area contributed by atoms with Crippen LogP contribution in [0.4, 0.5) is 10.1 Å². The molecule has 0 aliphatic carbocycles. The van der Waals surface area contributed by atoms with Crippen LogP contribution in [0.3, 0.4) is 0 Å². The van der Waals surface area contributed by atoms with E-state index in [9.17, 15) is 9.50 Å². The number of ether oxygens (including phenoxy) is 1. The number of tetrazole rings is 1. The van der Waals surface area contributed by atoms with Gasteiger partial charge in [0.1, 0.15) is 12.1 Å². The zero-order valence-electron chi connectivity index (χ0n) is 19.2. The minimum atomic E-state index is -0.659. The largest absolute Gasteiger partial charge is 0.387 e. The van der Waals surface area contributed by atoms with Gasteiger partial charge < -0.3 is 9.84 Å². The van der Waals surface area contributed by atoms with E-state index >= 15 is 0 Å². The summed E-state index contributed by atoms with van der Waals surface area (Å²) < 4.78 is 21.5. The number of hydrogen-bond donors (Lipinski definition) is 1. The lowest BCUT2D eigenvalue weighted by atomic mass is 9.98. The number of rotatable bonds is 5. The van der Waals surface area contributed by atoms with E-state index in [0.717, 1.165) is 30.8 Å². The molecule has 0 amide bonds. The van der Waals surface area contributed by atoms with Gasteiger partial charge in [-0.2, -0.15) is 4.68 Å². The van der Waals surface area contributed by atoms with Crippen LogP contribution < -0.4 is 0 Å². The summed E-state index contributed by atoms with van der Waals surface area (Å²) in [5.41, 5.74) is 2.34. The number of benzene rings is 1. The van der Waals surface area contributed by atoms with E-state index in [-0.39, 0.29) is 30.2 Å². The van der Waals surface area contributed by atoms with E-state index in [1.54, 1.807) is 25.3 Å². The molecule has 2 aromatic heterocycles. The Hall–Kier alpha value is -3.01. The standard InChI is InChI=1S/C23H25FN8O2.ClH/c1-15-18(4-5-19(24)23(15)25-2)21-12-31-8-7-30(10-17(31)13-34-21)11-20(33)16-3-6-22(26-9-16)32-14-27-28-29-32;/h3-6,9,14,17,20-21,33H,7-8,10-13H2,1H3;1H/t17-,20?,21+;/m0./s1. The van der Waals surface area contributed by atoms with Gasteiger partial charge in [-0.1, -0.05) is 12.1 Å². The summed E-state index contributed by atoms with van der Waals surface area (Å²) in [6.45, 7) is 13.3. The number of nitrogens with zero attached hydrogens (tertiary/aromatic N) is 8. The Balaban J connectivity index is 0.00000289. The summed E-state index contributed by atoms with van der Waals surface area (Å²) in [5, 5.41) is 21.8. The van der Waals surface area contributed by atoms with Crippen molar-refractivity contribution in [3.05, 3.63) is 70.7 Å². The summed E-state index contributed by atoms with van der Waals surface area (Å²) in [7, 11) is 0. The van der Waals surface area contributed by atoms with E-state index in [0.29, 0.717) is 31.1 Å². The van der Waals surface area contributed by atoms with Crippen LogP contribution in [0, 0.1) is 19.3 Å². The molecule has 0 spiro atoms. The number of halogens is 2. The van der Waals surface area contributed by atoms with Crippen molar-refractivity contribution in [1.82, 2.24) is 35.0 Å². The van der Waals surface area contributed by atoms with Gasteiger partial charge in [-0.3, -0.25) is 9.80 Å². The number of piperazine rings is 1. The van der Waals surface area contributed by atoms with Crippen molar-refractivity contribution in [3.8, 4) is 5.82 Å². The molecule has 1 N–H and O–H groups in total. The first kappa shape index (κ1) is 25.1. The predicted molar refractivity (Wildman–Crippen MR) is 127 cm³/mol. The summed E-state index contributed by atoms with van der Waals surface area (Å²) in [5.74, 6) is 0.0979. The third-order valence-corrected chi connectivity index (χ3v) is 6.63. The van der Waals surface area contributed by atoms with E-state index < -0.39 is 11.9 Å². The number of aromatic nitrogens is 5. The molecule has 5 rings (SSSR count). The molecule has 1 unspecified atom stereocenters. The summed E-state index contributed by atoms with van der Waals surface area (Å²) in [6, 6.07) is 6.92. The Kier molecular flexibility index (Phi) is 7.69. The second kappa shape index (κ2) is 10.7. The number of morpholine rings is 1. The van der Waals surface area contributed by atoms with Crippen molar-refractivity contribution in [2.24, 2.45) is 0 Å². The highest BCUT2D eigenvalue weighted by atomic mass is 35.5. The van der Waals surface area contributed by atoms with Gasteiger partial charge in [0.15, 0.2) is 5.82 Å². The quantitative estimate of drug-likeness (QED) is 0.533. The van der Waals surface area contributed by atoms with Gasteiger partial charge in [0.05, 0.1) is 25.4 Å². The van der Waals surface area contributed by atoms with E-state index in [1.165, 1.54) is 17.1 Å². The third kappa shape index (κ3) is 5.17. The second-order valence-electron chi connectivity index (χ2n) is 8.67. The predicted octanol–water partition coefficient (Wildman–Crippen LogP) is 2.27. The van der Waals surface area contributed by atoms with Crippen LogP contribution in [0.15, 0.2) is 36.8 Å². The van der Waals surface area contributed by atoms with Crippen molar-refractivity contribution in [3.63, 3.8) is 0 Å². The van der Waals surface area contributed by atoms with Crippen molar-refractivity contribution in [2.75, 3.05) is 39.3 Å². The second-order valence-corrected chi connectivity index (χ2v) is 8.67. The number of aliphatic hydroxyl groups excluding tert-OH is 1. The summed E-state index contributed by atoms with van der Waals surface area (Å²) in [6.07, 6.45) is 2.28. The fourth-order valence-electron chi connectivity index (χ4n) is 4.72. The van der Waals surface area contributed by atoms with Gasteiger partial charge >= 0.3 is 0 Å². The van der Waals surface area contributed by atoms with Gasteiger partial charge in [-0.15, -0.1) is 17.5 Å². The Labute approximate surface area is 208 Å². The Morgan fingerprint density at radius 2 is 2.11 bits per heavy atom. The highest BCUT2D eigenvalue weighted by molar-refractivity contribution is 5.85. The maximum absolute atomic E-state index is 13.9. The number of β-amino-alcohol motifs (C(OH)–C–C–N with tert-alkyl or cyclic N) is 1. The molecule has 0 bridgehead atoms. The molecule has 35 heavy (non-hydrogen) atoms. The zero-order chi connectivity index (χ0) is 23.7. The van der Waals surface area contributed by atoms with Crippen molar-refractivity contribution >= 4 is 18.1 Å². The van der Waals surface area contributed by atoms with Crippen LogP contribution in [-0.2, 0) is 4.74 Å². The number of pyridine rings is 1. The molecule has 3 aromatic rings. The Morgan fingerprint density at radius 3 is 2.83 bits per heavy atom. The minimum absolute atomic E-state index is 0. The van der Waals surface area contributed by atoms with E-state index in [1.807, 2.05) is 6.07 Å². The summed E-state index contributed by atoms with van der Waals surface area (Å²) >= 11 is 0. The van der Waals surface area contributed by atoms with E-state index in [2.05, 4.69) is 35.2 Å². The number of fused-ring (bicyclic) bond motifs is 1. The van der Waals surface area contributed by atoms with Gasteiger partial charge in [0.25, 0.3) is 0 Å². The average molecular weight is 501 g/mol. The lowest BCUT2D eigenvalue weighted by Gasteiger charge is -2.46. The number of aliphatic hydroxyl groups is 1. The molecule has 2 saturated heterocycles. The average Bonchev–Trinajstić information content (AvgIpc) is 3.39. The summed E-state index contributed by atoms with van der Waals surface area (Å²) in [4.78, 5) is 12.3. The monoisotopic (exact) mass is 500 g/mol. The van der Waals surface area contributed by atoms with Crippen molar-refractivity contribution in [2.45, 2.75) is 25.2 Å². The van der Waals surface area contributed by atoms with E-state index in [4.69, 9.17) is 11.3 Å². The molecule has 2 aliphatic rings. The highest BCUT2D eigenvalue weighted by Gasteiger charge is 2.35. The van der Waals surface area contributed by atoms with Gasteiger partial charge in [0.2, 0.25) is 5.69 Å². The molecule has 0 saturated carbocycles. The smallest absolute Gasteiger partial charge is 0.225 e. The first-order valence-electron chi connectivity index (χ1n) is 11.2. The normalized spacial score (nSPS) is 21.5. The fraction of sp³-hybridized carbons (Fsp3) is 0.435. The molecule has 0 radical (unpaired) electrons. The number of hydrogen-bond acceptors (Lipinski definition) is 8. The molecular weight excluding hydrogens is 475 g/mol. The first-order valence-corrected chi connectivity index (χ1v) is 11.2. The fourth-order valence-corrected chi connectivity index (χ4v) is 4.72. The topological polar surface area (TPSA) is 96.8 Å². The van der Waals surface area contributed by atoms with Crippen LogP contribution in [0.5, 0.6) is 0 Å². The van der Waals surface area contributed by atoms with Crippen LogP contribution >= 0.6 is 12.4 Å². The molecule has 4 heterocycles. The molecule has 10 nitrogen and oxygen atoms in total. The maximum atomic E-state index is 13.9. The Morgan fingerprint density at radius 1 is 1.26 bits per heavy atom. The lowest BCUT2D eigenvalue weighted by Crippen LogP contribution is -2.58. The molecular formula is C23H26ClFN8O2. The molecule has 12 heteroatoms. The van der Waals surface area contributed by atoms with Crippen molar-refractivity contribution in [1.29, 1.82) is 0 Å². The minimum Gasteiger partial charge on any atom is -0.387 e. The van der Waals surface area contributed by atoms with Crippen LogP contribution in [0.2, 0.25) is 0 Å². The molecule has 184 valence electrons. The molecule has 2 aliphatic heterocycles. The van der Waals surface area contributed by atoms with Gasteiger partial charge in [-0.05, 0) is 40.6 Å². The molecule has 2 fully saturated rings. The Bertz CT molecular complexity index is 1190. The van der Waals surface area contributed by atoms with Crippen molar-refractivity contribution < 1.29 is 14.2 Å². The zero-order valence-corrected chi connectivity index (χ0v) is 20.0. The van der Waals surface area contributed by atoms with Gasteiger partial charge in [-0.25, -0.2) is 14.2 Å². The SMILES string of the molecule is Cl.[C-]#[N+]c1c(F)ccc([C@H]2CN3CCN(CC(O)c4ccc(-n5cnnn5)nc4)C[C@H]3CO2)c1C. The molecule has 1 aromatic carbocycles. The van der Waals surface area contributed by atoms with Crippen LogP contribution in [0.1, 0.15) is 28.9 Å². The lowest BCUT2D eigenvalue weighted by molar-refractivity contribution is -0.0939. The van der Waals surface area contributed by atoms with Crippen LogP contribution in [0.25, 0.3) is 10.7 Å². The molecule has 3 atom stereocenters. The third-order valence-electron chi connectivity index (χ3n) is 6.63. The maximum Gasteiger partial charge on any atom is 0.225 e. The van der Waals surface area contributed by atoms with Crippen LogP contribution in [-0.4, -0.2) is 85.5 Å². The highest BCUT2D eigenvalue weighted by Crippen LogP contribution is 2.34. The first-order chi connectivity index (χ1) is 16.5.